The molecule has 0 amide bonds. The quantitative estimate of drug-likeness (QED) is 0.477. The predicted molar refractivity (Wildman–Crippen MR) is 110 cm³/mol. The number of aromatic nitrogens is 3. The summed E-state index contributed by atoms with van der Waals surface area (Å²) in [6.45, 7) is 4.07. The Labute approximate surface area is 166 Å². The molecule has 0 unspecified atom stereocenters. The largest absolute Gasteiger partial charge is 0.331 e. The van der Waals surface area contributed by atoms with Gasteiger partial charge in [-0.05, 0) is 38.1 Å². The molecule has 0 atom stereocenters. The minimum Gasteiger partial charge on any atom is -0.331 e. The molecular weight excluding hydrogens is 372 g/mol. The van der Waals surface area contributed by atoms with Crippen molar-refractivity contribution in [2.75, 3.05) is 0 Å². The zero-order chi connectivity index (χ0) is 18.8. The number of H-pyrrole nitrogens is 1. The lowest BCUT2D eigenvalue weighted by molar-refractivity contribution is 1.17. The lowest BCUT2D eigenvalue weighted by Crippen LogP contribution is -1.83. The predicted octanol–water partition coefficient (Wildman–Crippen LogP) is 5.84. The highest BCUT2D eigenvalue weighted by Crippen LogP contribution is 2.36. The average Bonchev–Trinajstić information content (AvgIpc) is 3.30. The molecule has 1 N–H and O–H groups in total. The van der Waals surface area contributed by atoms with E-state index in [1.807, 2.05) is 36.6 Å². The van der Waals surface area contributed by atoms with Gasteiger partial charge in [0.15, 0.2) is 5.82 Å². The van der Waals surface area contributed by atoms with Crippen molar-refractivity contribution >= 4 is 23.1 Å². The van der Waals surface area contributed by atoms with Gasteiger partial charge in [0.05, 0.1) is 16.6 Å². The molecule has 4 rings (SSSR count). The summed E-state index contributed by atoms with van der Waals surface area (Å²) < 4.78 is 0. The number of rotatable bonds is 4. The first kappa shape index (κ1) is 17.5. The van der Waals surface area contributed by atoms with Crippen LogP contribution < -0.4 is 0 Å². The van der Waals surface area contributed by atoms with Crippen molar-refractivity contribution in [2.24, 2.45) is 0 Å². The number of imidazole rings is 1. The Morgan fingerprint density at radius 2 is 1.74 bits per heavy atom. The molecule has 2 aromatic carbocycles. The molecule has 0 aliphatic carbocycles. The highest BCUT2D eigenvalue weighted by molar-refractivity contribution is 7.99. The average molecular weight is 389 g/mol. The first-order valence-corrected chi connectivity index (χ1v) is 10.1. The molecule has 132 valence electrons. The molecule has 4 aromatic rings. The molecule has 0 fully saturated rings. The number of aromatic amines is 1. The van der Waals surface area contributed by atoms with E-state index < -0.39 is 0 Å². The van der Waals surface area contributed by atoms with Crippen molar-refractivity contribution in [2.45, 2.75) is 23.8 Å². The maximum absolute atomic E-state index is 9.04. The van der Waals surface area contributed by atoms with Crippen LogP contribution in [0.3, 0.4) is 0 Å². The van der Waals surface area contributed by atoms with E-state index in [0.29, 0.717) is 5.56 Å². The van der Waals surface area contributed by atoms with Gasteiger partial charge in [-0.15, -0.1) is 11.3 Å². The second-order valence-corrected chi connectivity index (χ2v) is 8.27. The van der Waals surface area contributed by atoms with Gasteiger partial charge in [0.2, 0.25) is 0 Å². The molecule has 0 aliphatic rings. The molecule has 0 aliphatic heterocycles. The summed E-state index contributed by atoms with van der Waals surface area (Å²) in [6, 6.07) is 18.1. The maximum Gasteiger partial charge on any atom is 0.158 e. The van der Waals surface area contributed by atoms with Crippen LogP contribution in [0.1, 0.15) is 16.1 Å². The summed E-state index contributed by atoms with van der Waals surface area (Å²) in [6.07, 6.45) is 0. The van der Waals surface area contributed by atoms with Crippen molar-refractivity contribution in [3.8, 4) is 28.8 Å². The Morgan fingerprint density at radius 1 is 1.00 bits per heavy atom. The van der Waals surface area contributed by atoms with Crippen LogP contribution in [-0.2, 0) is 0 Å². The van der Waals surface area contributed by atoms with E-state index in [1.54, 1.807) is 23.1 Å². The third-order valence-electron chi connectivity index (χ3n) is 4.06. The second-order valence-electron chi connectivity index (χ2n) is 6.12. The number of aryl methyl sites for hydroxylation is 2. The van der Waals surface area contributed by atoms with Gasteiger partial charge in [0, 0.05) is 15.8 Å². The Hall–Kier alpha value is -2.88. The first-order chi connectivity index (χ1) is 13.1. The molecular formula is C21H16N4S2. The standard InChI is InChI=1S/C21H16N4S2/c1-13-3-9-17(10-4-13)27-21-19(16-7-5-15(11-22)6-8-16)24-20(25-21)18-12-26-14(2)23-18/h3-10,12H,1-2H3,(H,24,25). The van der Waals surface area contributed by atoms with E-state index in [1.165, 1.54) is 5.56 Å². The Kier molecular flexibility index (Phi) is 4.80. The van der Waals surface area contributed by atoms with Crippen molar-refractivity contribution < 1.29 is 0 Å². The van der Waals surface area contributed by atoms with Crippen LogP contribution in [0.25, 0.3) is 22.8 Å². The van der Waals surface area contributed by atoms with Gasteiger partial charge in [0.1, 0.15) is 16.4 Å². The highest BCUT2D eigenvalue weighted by atomic mass is 32.2. The molecule has 0 radical (unpaired) electrons. The second kappa shape index (κ2) is 7.39. The number of nitrogens with zero attached hydrogens (tertiary/aromatic N) is 3. The Morgan fingerprint density at radius 3 is 2.37 bits per heavy atom. The normalized spacial score (nSPS) is 10.7. The number of hydrogen-bond acceptors (Lipinski definition) is 5. The van der Waals surface area contributed by atoms with E-state index >= 15 is 0 Å². The van der Waals surface area contributed by atoms with Crippen LogP contribution in [-0.4, -0.2) is 15.0 Å². The SMILES string of the molecule is Cc1ccc(Sc2[nH]c(-c3csc(C)n3)nc2-c2ccc(C#N)cc2)cc1. The third kappa shape index (κ3) is 3.80. The van der Waals surface area contributed by atoms with Gasteiger partial charge in [-0.3, -0.25) is 0 Å². The van der Waals surface area contributed by atoms with Crippen molar-refractivity contribution in [1.29, 1.82) is 5.26 Å². The van der Waals surface area contributed by atoms with Gasteiger partial charge < -0.3 is 4.98 Å². The third-order valence-corrected chi connectivity index (χ3v) is 5.84. The fraction of sp³-hybridized carbons (Fsp3) is 0.0952. The molecule has 4 nitrogen and oxygen atoms in total. The summed E-state index contributed by atoms with van der Waals surface area (Å²) in [4.78, 5) is 13.9. The topological polar surface area (TPSA) is 65.4 Å². The number of thiazole rings is 1. The monoisotopic (exact) mass is 388 g/mol. The van der Waals surface area contributed by atoms with E-state index in [9.17, 15) is 0 Å². The number of nitrogens with one attached hydrogen (secondary N) is 1. The van der Waals surface area contributed by atoms with Crippen LogP contribution in [0, 0.1) is 25.2 Å². The number of nitriles is 1. The molecule has 6 heteroatoms. The Balaban J connectivity index is 1.77. The van der Waals surface area contributed by atoms with Crippen LogP contribution in [0.15, 0.2) is 63.8 Å². The minimum absolute atomic E-state index is 0.636. The van der Waals surface area contributed by atoms with Gasteiger partial charge in [-0.25, -0.2) is 9.97 Å². The van der Waals surface area contributed by atoms with Crippen molar-refractivity contribution in [1.82, 2.24) is 15.0 Å². The van der Waals surface area contributed by atoms with Crippen LogP contribution >= 0.6 is 23.1 Å². The van der Waals surface area contributed by atoms with E-state index in [4.69, 9.17) is 10.2 Å². The number of hydrogen-bond donors (Lipinski definition) is 1. The van der Waals surface area contributed by atoms with Gasteiger partial charge in [0.25, 0.3) is 0 Å². The van der Waals surface area contributed by atoms with Crippen molar-refractivity contribution in [3.63, 3.8) is 0 Å². The van der Waals surface area contributed by atoms with Gasteiger partial charge in [-0.1, -0.05) is 41.6 Å². The summed E-state index contributed by atoms with van der Waals surface area (Å²) >= 11 is 3.25. The highest BCUT2D eigenvalue weighted by Gasteiger charge is 2.16. The van der Waals surface area contributed by atoms with Crippen LogP contribution in [0.4, 0.5) is 0 Å². The Bertz CT molecular complexity index is 1120. The molecule has 0 bridgehead atoms. The molecule has 2 heterocycles. The summed E-state index contributed by atoms with van der Waals surface area (Å²) in [5, 5.41) is 13.0. The summed E-state index contributed by atoms with van der Waals surface area (Å²) in [5.74, 6) is 0.758. The van der Waals surface area contributed by atoms with Crippen LogP contribution in [0.2, 0.25) is 0 Å². The lowest BCUT2D eigenvalue weighted by Gasteiger charge is -2.03. The van der Waals surface area contributed by atoms with Gasteiger partial charge in [-0.2, -0.15) is 5.26 Å². The van der Waals surface area contributed by atoms with Crippen LogP contribution in [0.5, 0.6) is 0 Å². The fourth-order valence-electron chi connectivity index (χ4n) is 2.65. The van der Waals surface area contributed by atoms with Crippen molar-refractivity contribution in [3.05, 3.63) is 70.0 Å². The van der Waals surface area contributed by atoms with E-state index in [2.05, 4.69) is 47.2 Å². The fourth-order valence-corrected chi connectivity index (χ4v) is 4.16. The molecule has 0 saturated heterocycles. The minimum atomic E-state index is 0.636. The smallest absolute Gasteiger partial charge is 0.158 e. The maximum atomic E-state index is 9.04. The zero-order valence-corrected chi connectivity index (χ0v) is 16.5. The zero-order valence-electron chi connectivity index (χ0n) is 14.9. The summed E-state index contributed by atoms with van der Waals surface area (Å²) in [7, 11) is 0. The molecule has 2 aromatic heterocycles. The van der Waals surface area contributed by atoms with E-state index in [-0.39, 0.29) is 0 Å². The molecule has 0 spiro atoms. The lowest BCUT2D eigenvalue weighted by atomic mass is 10.1. The molecule has 27 heavy (non-hydrogen) atoms. The van der Waals surface area contributed by atoms with Gasteiger partial charge >= 0.3 is 0 Å². The number of benzene rings is 2. The summed E-state index contributed by atoms with van der Waals surface area (Å²) in [5.41, 5.74) is 4.55. The van der Waals surface area contributed by atoms with E-state index in [0.717, 1.165) is 37.7 Å². The molecule has 0 saturated carbocycles. The first-order valence-electron chi connectivity index (χ1n) is 8.40.